The molecule has 0 bridgehead atoms. The molecule has 0 saturated carbocycles. The third-order valence-electron chi connectivity index (χ3n) is 1.80. The molecule has 14 heavy (non-hydrogen) atoms. The fraction of sp³-hybridized carbons (Fsp3) is 0.333. The summed E-state index contributed by atoms with van der Waals surface area (Å²) in [6, 6.07) is 1.68. The van der Waals surface area contributed by atoms with Crippen molar-refractivity contribution in [2.75, 3.05) is 6.67 Å². The number of alkyl halides is 1. The number of hydrogen-bond donors (Lipinski definition) is 2. The van der Waals surface area contributed by atoms with Crippen LogP contribution in [0.5, 0.6) is 5.75 Å². The van der Waals surface area contributed by atoms with E-state index < -0.39 is 24.3 Å². The normalized spacial score (nSPS) is 12.0. The van der Waals surface area contributed by atoms with Crippen molar-refractivity contribution in [1.29, 1.82) is 0 Å². The molecule has 1 rings (SSSR count). The van der Waals surface area contributed by atoms with Crippen LogP contribution in [-0.4, -0.2) is 11.8 Å². The lowest BCUT2D eigenvalue weighted by atomic mass is 10.0. The number of phenolic OH excluding ortho intramolecular Hbond substituents is 1. The van der Waals surface area contributed by atoms with Crippen molar-refractivity contribution in [2.24, 2.45) is 5.73 Å². The van der Waals surface area contributed by atoms with Gasteiger partial charge in [-0.15, -0.1) is 12.4 Å². The molecule has 0 heterocycles. The zero-order valence-corrected chi connectivity index (χ0v) is 8.44. The fourth-order valence-corrected chi connectivity index (χ4v) is 1.13. The third kappa shape index (κ3) is 2.56. The highest BCUT2D eigenvalue weighted by atomic mass is 35.5. The summed E-state index contributed by atoms with van der Waals surface area (Å²) in [4.78, 5) is 0. The SMILES string of the molecule is Cc1cc(F)c(O)c([C@H](N)CF)c1.Cl. The van der Waals surface area contributed by atoms with Gasteiger partial charge in [0.05, 0.1) is 6.04 Å². The van der Waals surface area contributed by atoms with Gasteiger partial charge in [-0.1, -0.05) is 6.07 Å². The molecule has 0 spiro atoms. The molecular formula is C9H12ClF2NO. The Morgan fingerprint density at radius 2 is 2.07 bits per heavy atom. The molecule has 0 aromatic heterocycles. The van der Waals surface area contributed by atoms with Crippen LogP contribution in [0.15, 0.2) is 12.1 Å². The van der Waals surface area contributed by atoms with Gasteiger partial charge in [0, 0.05) is 5.56 Å². The first-order chi connectivity index (χ1) is 6.06. The average molecular weight is 224 g/mol. The predicted molar refractivity (Wildman–Crippen MR) is 53.0 cm³/mol. The van der Waals surface area contributed by atoms with Gasteiger partial charge in [0.15, 0.2) is 11.6 Å². The van der Waals surface area contributed by atoms with Crippen LogP contribution >= 0.6 is 12.4 Å². The molecule has 1 atom stereocenters. The third-order valence-corrected chi connectivity index (χ3v) is 1.80. The van der Waals surface area contributed by atoms with Crippen LogP contribution in [-0.2, 0) is 0 Å². The van der Waals surface area contributed by atoms with E-state index in [1.165, 1.54) is 12.1 Å². The van der Waals surface area contributed by atoms with Crippen LogP contribution in [0.2, 0.25) is 0 Å². The van der Waals surface area contributed by atoms with Crippen LogP contribution in [0, 0.1) is 12.7 Å². The van der Waals surface area contributed by atoms with Crippen molar-refractivity contribution in [2.45, 2.75) is 13.0 Å². The van der Waals surface area contributed by atoms with Crippen molar-refractivity contribution in [3.05, 3.63) is 29.1 Å². The Balaban J connectivity index is 0.00000169. The quantitative estimate of drug-likeness (QED) is 0.808. The molecule has 0 aliphatic rings. The molecule has 0 saturated heterocycles. The highest BCUT2D eigenvalue weighted by Crippen LogP contribution is 2.27. The van der Waals surface area contributed by atoms with Gasteiger partial charge in [-0.2, -0.15) is 0 Å². The first kappa shape index (κ1) is 13.1. The molecule has 0 amide bonds. The largest absolute Gasteiger partial charge is 0.505 e. The van der Waals surface area contributed by atoms with E-state index in [0.717, 1.165) is 0 Å². The van der Waals surface area contributed by atoms with Crippen LogP contribution < -0.4 is 5.73 Å². The molecule has 3 N–H and O–H groups in total. The lowest BCUT2D eigenvalue weighted by Gasteiger charge is -2.11. The van der Waals surface area contributed by atoms with Gasteiger partial charge in [-0.05, 0) is 18.6 Å². The number of aromatic hydroxyl groups is 1. The van der Waals surface area contributed by atoms with E-state index in [1.807, 2.05) is 0 Å². The minimum atomic E-state index is -0.964. The van der Waals surface area contributed by atoms with Crippen LogP contribution in [0.1, 0.15) is 17.2 Å². The number of phenols is 1. The number of aryl methyl sites for hydroxylation is 1. The van der Waals surface area contributed by atoms with E-state index in [2.05, 4.69) is 0 Å². The maximum atomic E-state index is 12.9. The van der Waals surface area contributed by atoms with E-state index in [9.17, 15) is 13.9 Å². The Kier molecular flexibility index (Phi) is 4.80. The number of halogens is 3. The highest BCUT2D eigenvalue weighted by molar-refractivity contribution is 5.85. The Bertz CT molecular complexity index is 320. The summed E-state index contributed by atoms with van der Waals surface area (Å²) in [6.07, 6.45) is 0. The standard InChI is InChI=1S/C9H11F2NO.ClH/c1-5-2-6(8(12)4-10)9(13)7(11)3-5;/h2-3,8,13H,4,12H2,1H3;1H/t8-;/m1./s1. The molecule has 0 aliphatic carbocycles. The first-order valence-electron chi connectivity index (χ1n) is 3.86. The van der Waals surface area contributed by atoms with Crippen molar-refractivity contribution in [3.63, 3.8) is 0 Å². The minimum Gasteiger partial charge on any atom is -0.505 e. The van der Waals surface area contributed by atoms with Gasteiger partial charge < -0.3 is 10.8 Å². The summed E-state index contributed by atoms with van der Waals surface area (Å²) < 4.78 is 25.1. The molecule has 5 heteroatoms. The van der Waals surface area contributed by atoms with Crippen LogP contribution in [0.3, 0.4) is 0 Å². The summed E-state index contributed by atoms with van der Waals surface area (Å²) in [5, 5.41) is 9.20. The second-order valence-electron chi connectivity index (χ2n) is 2.95. The van der Waals surface area contributed by atoms with Crippen molar-refractivity contribution in [1.82, 2.24) is 0 Å². The van der Waals surface area contributed by atoms with Gasteiger partial charge in [0.1, 0.15) is 6.67 Å². The smallest absolute Gasteiger partial charge is 0.165 e. The van der Waals surface area contributed by atoms with E-state index in [1.54, 1.807) is 6.92 Å². The average Bonchev–Trinajstić information content (AvgIpc) is 2.10. The minimum absolute atomic E-state index is 0. The summed E-state index contributed by atoms with van der Waals surface area (Å²) in [5.74, 6) is -1.32. The van der Waals surface area contributed by atoms with Crippen LogP contribution in [0.25, 0.3) is 0 Å². The van der Waals surface area contributed by atoms with E-state index in [0.29, 0.717) is 5.56 Å². The summed E-state index contributed by atoms with van der Waals surface area (Å²) >= 11 is 0. The Hall–Kier alpha value is -0.870. The maximum Gasteiger partial charge on any atom is 0.165 e. The molecule has 0 aliphatic heterocycles. The summed E-state index contributed by atoms with van der Waals surface area (Å²) in [6.45, 7) is 0.827. The molecule has 1 aromatic carbocycles. The zero-order valence-electron chi connectivity index (χ0n) is 7.63. The van der Waals surface area contributed by atoms with Crippen molar-refractivity contribution >= 4 is 12.4 Å². The maximum absolute atomic E-state index is 12.9. The van der Waals surface area contributed by atoms with Gasteiger partial charge in [-0.25, -0.2) is 8.78 Å². The molecular weight excluding hydrogens is 212 g/mol. The number of hydrogen-bond acceptors (Lipinski definition) is 2. The van der Waals surface area contributed by atoms with E-state index >= 15 is 0 Å². The Morgan fingerprint density at radius 1 is 1.50 bits per heavy atom. The van der Waals surface area contributed by atoms with Gasteiger partial charge in [0.2, 0.25) is 0 Å². The summed E-state index contributed by atoms with van der Waals surface area (Å²) in [7, 11) is 0. The lowest BCUT2D eigenvalue weighted by molar-refractivity contribution is 0.396. The van der Waals surface area contributed by atoms with Gasteiger partial charge >= 0.3 is 0 Å². The molecule has 2 nitrogen and oxygen atoms in total. The molecule has 1 aromatic rings. The first-order valence-corrected chi connectivity index (χ1v) is 3.86. The molecule has 0 radical (unpaired) electrons. The second-order valence-corrected chi connectivity index (χ2v) is 2.95. The zero-order chi connectivity index (χ0) is 10.0. The van der Waals surface area contributed by atoms with E-state index in [4.69, 9.17) is 5.73 Å². The van der Waals surface area contributed by atoms with Gasteiger partial charge in [-0.3, -0.25) is 0 Å². The fourth-order valence-electron chi connectivity index (χ4n) is 1.13. The molecule has 0 fully saturated rings. The highest BCUT2D eigenvalue weighted by Gasteiger charge is 2.14. The summed E-state index contributed by atoms with van der Waals surface area (Å²) in [5.41, 5.74) is 6.05. The number of nitrogens with two attached hydrogens (primary N) is 1. The lowest BCUT2D eigenvalue weighted by Crippen LogP contribution is -2.13. The topological polar surface area (TPSA) is 46.2 Å². The van der Waals surface area contributed by atoms with Crippen molar-refractivity contribution < 1.29 is 13.9 Å². The Morgan fingerprint density at radius 3 is 2.57 bits per heavy atom. The predicted octanol–water partition coefficient (Wildman–Crippen LogP) is 2.23. The second kappa shape index (κ2) is 5.12. The molecule has 80 valence electrons. The van der Waals surface area contributed by atoms with E-state index in [-0.39, 0.29) is 18.0 Å². The monoisotopic (exact) mass is 223 g/mol. The van der Waals surface area contributed by atoms with Gasteiger partial charge in [0.25, 0.3) is 0 Å². The van der Waals surface area contributed by atoms with Crippen molar-refractivity contribution in [3.8, 4) is 5.75 Å². The number of benzene rings is 1. The Labute approximate surface area is 87.1 Å². The molecule has 0 unspecified atom stereocenters. The number of rotatable bonds is 2. The van der Waals surface area contributed by atoms with Crippen LogP contribution in [0.4, 0.5) is 8.78 Å².